The van der Waals surface area contributed by atoms with E-state index in [1.165, 1.54) is 0 Å². The molecule has 0 saturated carbocycles. The first-order valence-corrected chi connectivity index (χ1v) is 11.0. The average molecular weight is 569 g/mol. The Morgan fingerprint density at radius 3 is 2.72 bits per heavy atom. The fourth-order valence-corrected chi connectivity index (χ4v) is 4.21. The number of halogens is 1. The van der Waals surface area contributed by atoms with Gasteiger partial charge >= 0.3 is 0 Å². The number of guanidine groups is 1. The quantitative estimate of drug-likeness (QED) is 0.253. The SMILES string of the molecule is CN=C(NCc1coc(-c2cccs2)n1)NC1CCN(c2cc(OC)cc(OC)c2)C1.I. The molecule has 0 aliphatic carbocycles. The minimum Gasteiger partial charge on any atom is -0.497 e. The molecule has 0 radical (unpaired) electrons. The molecule has 0 spiro atoms. The molecule has 4 rings (SSSR count). The van der Waals surface area contributed by atoms with E-state index in [0.717, 1.165) is 53.2 Å². The number of aromatic nitrogens is 1. The molecule has 32 heavy (non-hydrogen) atoms. The number of hydrogen-bond donors (Lipinski definition) is 2. The van der Waals surface area contributed by atoms with E-state index < -0.39 is 0 Å². The van der Waals surface area contributed by atoms with Crippen molar-refractivity contribution in [1.82, 2.24) is 15.6 Å². The third-order valence-corrected chi connectivity index (χ3v) is 6.03. The van der Waals surface area contributed by atoms with Gasteiger partial charge in [-0.25, -0.2) is 4.98 Å². The van der Waals surface area contributed by atoms with E-state index in [0.29, 0.717) is 12.4 Å². The molecule has 2 aromatic heterocycles. The molecular formula is C22H28IN5O3S. The number of methoxy groups -OCH3 is 2. The van der Waals surface area contributed by atoms with E-state index in [1.54, 1.807) is 38.9 Å². The lowest BCUT2D eigenvalue weighted by molar-refractivity contribution is 0.394. The van der Waals surface area contributed by atoms with E-state index in [4.69, 9.17) is 13.9 Å². The van der Waals surface area contributed by atoms with Crippen LogP contribution in [0.2, 0.25) is 0 Å². The van der Waals surface area contributed by atoms with Crippen molar-refractivity contribution in [2.75, 3.05) is 39.3 Å². The van der Waals surface area contributed by atoms with Crippen LogP contribution in [0.1, 0.15) is 12.1 Å². The number of oxazole rings is 1. The Morgan fingerprint density at radius 1 is 1.28 bits per heavy atom. The monoisotopic (exact) mass is 569 g/mol. The molecule has 1 aliphatic heterocycles. The van der Waals surface area contributed by atoms with Gasteiger partial charge in [-0.15, -0.1) is 35.3 Å². The van der Waals surface area contributed by atoms with Crippen LogP contribution in [0.15, 0.2) is 51.4 Å². The predicted octanol–water partition coefficient (Wildman–Crippen LogP) is 3.98. The summed E-state index contributed by atoms with van der Waals surface area (Å²) in [5.74, 6) is 2.97. The average Bonchev–Trinajstić information content (AvgIpc) is 3.57. The lowest BCUT2D eigenvalue weighted by Gasteiger charge is -2.21. The first-order valence-electron chi connectivity index (χ1n) is 10.1. The Morgan fingerprint density at radius 2 is 2.06 bits per heavy atom. The summed E-state index contributed by atoms with van der Waals surface area (Å²) in [7, 11) is 5.11. The zero-order valence-electron chi connectivity index (χ0n) is 18.3. The van der Waals surface area contributed by atoms with Gasteiger partial charge in [-0.2, -0.15) is 0 Å². The van der Waals surface area contributed by atoms with Crippen molar-refractivity contribution in [3.05, 3.63) is 47.7 Å². The summed E-state index contributed by atoms with van der Waals surface area (Å²) < 4.78 is 16.4. The summed E-state index contributed by atoms with van der Waals surface area (Å²) in [6, 6.07) is 10.2. The van der Waals surface area contributed by atoms with Gasteiger partial charge in [-0.3, -0.25) is 4.99 Å². The second-order valence-corrected chi connectivity index (χ2v) is 8.14. The zero-order chi connectivity index (χ0) is 21.6. The third kappa shape index (κ3) is 5.85. The second-order valence-electron chi connectivity index (χ2n) is 7.19. The van der Waals surface area contributed by atoms with Gasteiger partial charge in [0.2, 0.25) is 5.89 Å². The van der Waals surface area contributed by atoms with E-state index in [-0.39, 0.29) is 30.0 Å². The van der Waals surface area contributed by atoms with Crippen molar-refractivity contribution in [1.29, 1.82) is 0 Å². The van der Waals surface area contributed by atoms with Gasteiger partial charge in [-0.05, 0) is 17.9 Å². The Balaban J connectivity index is 0.00000289. The summed E-state index contributed by atoms with van der Waals surface area (Å²) in [6.45, 7) is 2.35. The van der Waals surface area contributed by atoms with E-state index in [9.17, 15) is 0 Å². The molecule has 1 fully saturated rings. The molecule has 2 N–H and O–H groups in total. The van der Waals surface area contributed by atoms with E-state index in [1.807, 2.05) is 35.7 Å². The maximum Gasteiger partial charge on any atom is 0.236 e. The first kappa shape index (κ1) is 24.2. The van der Waals surface area contributed by atoms with Gasteiger partial charge in [0.25, 0.3) is 0 Å². The minimum absolute atomic E-state index is 0. The van der Waals surface area contributed by atoms with Crippen LogP contribution in [0.3, 0.4) is 0 Å². The molecule has 0 amide bonds. The smallest absolute Gasteiger partial charge is 0.236 e. The molecule has 172 valence electrons. The molecule has 1 unspecified atom stereocenters. The van der Waals surface area contributed by atoms with Crippen LogP contribution in [0.5, 0.6) is 11.5 Å². The maximum absolute atomic E-state index is 5.58. The summed E-state index contributed by atoms with van der Waals surface area (Å²) in [6.07, 6.45) is 2.69. The van der Waals surface area contributed by atoms with Crippen molar-refractivity contribution < 1.29 is 13.9 Å². The van der Waals surface area contributed by atoms with Crippen LogP contribution < -0.4 is 25.0 Å². The summed E-state index contributed by atoms with van der Waals surface area (Å²) >= 11 is 1.61. The number of rotatable bonds is 7. The van der Waals surface area contributed by atoms with E-state index in [2.05, 4.69) is 25.5 Å². The van der Waals surface area contributed by atoms with E-state index >= 15 is 0 Å². The maximum atomic E-state index is 5.58. The molecule has 1 aromatic carbocycles. The van der Waals surface area contributed by atoms with Crippen LogP contribution in [-0.2, 0) is 6.54 Å². The highest BCUT2D eigenvalue weighted by Crippen LogP contribution is 2.30. The minimum atomic E-state index is 0. The lowest BCUT2D eigenvalue weighted by atomic mass is 10.2. The summed E-state index contributed by atoms with van der Waals surface area (Å²) in [5, 5.41) is 8.84. The number of nitrogens with zero attached hydrogens (tertiary/aromatic N) is 3. The topological polar surface area (TPSA) is 84.2 Å². The summed E-state index contributed by atoms with van der Waals surface area (Å²) in [4.78, 5) is 12.2. The Bertz CT molecular complexity index is 1000. The van der Waals surface area contributed by atoms with Gasteiger partial charge in [0.05, 0.1) is 31.3 Å². The molecule has 0 bridgehead atoms. The number of anilines is 1. The molecule has 3 aromatic rings. The van der Waals surface area contributed by atoms with Crippen molar-refractivity contribution in [2.24, 2.45) is 4.99 Å². The van der Waals surface area contributed by atoms with Gasteiger partial charge < -0.3 is 29.4 Å². The number of benzene rings is 1. The molecular weight excluding hydrogens is 541 g/mol. The molecule has 10 heteroatoms. The van der Waals surface area contributed by atoms with Gasteiger partial charge in [0, 0.05) is 50.1 Å². The van der Waals surface area contributed by atoms with Crippen molar-refractivity contribution in [3.8, 4) is 22.3 Å². The van der Waals surface area contributed by atoms with Crippen LogP contribution in [0.25, 0.3) is 10.8 Å². The number of ether oxygens (including phenoxy) is 2. The van der Waals surface area contributed by atoms with Crippen molar-refractivity contribution in [2.45, 2.75) is 19.0 Å². The van der Waals surface area contributed by atoms with Crippen molar-refractivity contribution in [3.63, 3.8) is 0 Å². The Kier molecular flexibility index (Phi) is 8.62. The van der Waals surface area contributed by atoms with Crippen molar-refractivity contribution >= 4 is 47.0 Å². The fraction of sp³-hybridized carbons (Fsp3) is 0.364. The van der Waals surface area contributed by atoms with Crippen LogP contribution in [0.4, 0.5) is 5.69 Å². The number of thiophene rings is 1. The summed E-state index contributed by atoms with van der Waals surface area (Å²) in [5.41, 5.74) is 1.93. The highest BCUT2D eigenvalue weighted by molar-refractivity contribution is 14.0. The second kappa shape index (κ2) is 11.4. The highest BCUT2D eigenvalue weighted by atomic mass is 127. The molecule has 3 heterocycles. The Labute approximate surface area is 209 Å². The normalized spacial score (nSPS) is 15.9. The van der Waals surface area contributed by atoms with Crippen LogP contribution >= 0.6 is 35.3 Å². The lowest BCUT2D eigenvalue weighted by Crippen LogP contribution is -2.44. The first-order chi connectivity index (χ1) is 15.2. The number of hydrogen-bond acceptors (Lipinski definition) is 7. The number of aliphatic imine (C=N–C) groups is 1. The molecule has 1 atom stereocenters. The standard InChI is InChI=1S/C22H27N5O3S.HI/c1-23-22(24-12-16-14-30-21(25-16)20-5-4-8-31-20)26-15-6-7-27(13-15)17-9-18(28-2)11-19(10-17)29-3;/h4-5,8-11,14-15H,6-7,12-13H2,1-3H3,(H2,23,24,26);1H. The Hall–Kier alpha value is -2.47. The van der Waals surface area contributed by atoms with Gasteiger partial charge in [0.1, 0.15) is 17.8 Å². The molecule has 1 aliphatic rings. The predicted molar refractivity (Wildman–Crippen MR) is 139 cm³/mol. The fourth-order valence-electron chi connectivity index (χ4n) is 3.55. The highest BCUT2D eigenvalue weighted by Gasteiger charge is 2.24. The van der Waals surface area contributed by atoms with Crippen LogP contribution in [-0.4, -0.2) is 51.3 Å². The zero-order valence-corrected chi connectivity index (χ0v) is 21.5. The number of nitrogens with one attached hydrogen (secondary N) is 2. The molecule has 8 nitrogen and oxygen atoms in total. The van der Waals surface area contributed by atoms with Gasteiger partial charge in [-0.1, -0.05) is 6.07 Å². The van der Waals surface area contributed by atoms with Gasteiger partial charge in [0.15, 0.2) is 5.96 Å². The third-order valence-electron chi connectivity index (χ3n) is 5.17. The molecule has 1 saturated heterocycles. The van der Waals surface area contributed by atoms with Crippen LogP contribution in [0, 0.1) is 0 Å². The largest absolute Gasteiger partial charge is 0.497 e.